The van der Waals surface area contributed by atoms with Crippen LogP contribution in [0.3, 0.4) is 0 Å². The van der Waals surface area contributed by atoms with Gasteiger partial charge in [0.2, 0.25) is 0 Å². The van der Waals surface area contributed by atoms with Crippen LogP contribution in [-0.4, -0.2) is 26.3 Å². The first-order chi connectivity index (χ1) is 18.4. The van der Waals surface area contributed by atoms with Gasteiger partial charge in [-0.1, -0.05) is 45.0 Å². The molecule has 0 spiro atoms. The van der Waals surface area contributed by atoms with Gasteiger partial charge in [-0.05, 0) is 21.8 Å². The average Bonchev–Trinajstić information content (AvgIpc) is 3.13. The monoisotopic (exact) mass is 587 g/mol. The molecule has 0 saturated carbocycles. The zero-order valence-electron chi connectivity index (χ0n) is 24.6. The van der Waals surface area contributed by atoms with Crippen molar-refractivity contribution in [3.63, 3.8) is 0 Å². The van der Waals surface area contributed by atoms with Crippen molar-refractivity contribution >= 4 is 46.9 Å². The fraction of sp³-hybridized carbons (Fsp3) is 0.250. The molecule has 196 valence electrons. The van der Waals surface area contributed by atoms with Gasteiger partial charge in [-0.25, -0.2) is 0 Å². The van der Waals surface area contributed by atoms with Gasteiger partial charge < -0.3 is 0 Å². The summed E-state index contributed by atoms with van der Waals surface area (Å²) in [5, 5.41) is 5.63. The number of pyridine rings is 1. The van der Waals surface area contributed by atoms with Crippen molar-refractivity contribution < 1.29 is 0 Å². The summed E-state index contributed by atoms with van der Waals surface area (Å²) in [6.45, 7) is 12.0. The van der Waals surface area contributed by atoms with E-state index in [1.54, 1.807) is 4.40 Å². The summed E-state index contributed by atoms with van der Waals surface area (Å²) < 4.78 is 1.56. The van der Waals surface area contributed by atoms with Crippen LogP contribution in [0.5, 0.6) is 0 Å². The van der Waals surface area contributed by atoms with Crippen molar-refractivity contribution in [1.82, 2.24) is 4.98 Å². The molecule has 1 aliphatic rings. The molecule has 5 aromatic rings. The number of fused-ring (bicyclic) bond motifs is 4. The topological polar surface area (TPSA) is 12.9 Å². The Morgan fingerprint density at radius 3 is 2.08 bits per heavy atom. The zero-order chi connectivity index (χ0) is 27.7. The van der Waals surface area contributed by atoms with Crippen LogP contribution in [0.2, 0.25) is 30.4 Å². The van der Waals surface area contributed by atoms with Crippen LogP contribution in [0.4, 0.5) is 0 Å². The van der Waals surface area contributed by atoms with Crippen molar-refractivity contribution in [3.8, 4) is 33.5 Å². The smallest absolute Gasteiger partial charge is 0.0616 e. The van der Waals surface area contributed by atoms with Gasteiger partial charge in [0.05, 0.1) is 0 Å². The van der Waals surface area contributed by atoms with Crippen molar-refractivity contribution in [1.29, 1.82) is 0 Å². The quantitative estimate of drug-likeness (QED) is 0.194. The summed E-state index contributed by atoms with van der Waals surface area (Å²) >= 11 is -1.83. The zero-order valence-corrected chi connectivity index (χ0v) is 27.7. The van der Waals surface area contributed by atoms with Crippen molar-refractivity contribution in [3.05, 3.63) is 96.7 Å². The maximum atomic E-state index is 5.08. The summed E-state index contributed by atoms with van der Waals surface area (Å²) in [6, 6.07) is 32.4. The van der Waals surface area contributed by atoms with Crippen LogP contribution in [0.1, 0.15) is 26.3 Å². The van der Waals surface area contributed by atoms with Crippen LogP contribution in [0, 0.1) is 0 Å². The van der Waals surface area contributed by atoms with E-state index < -0.39 is 21.3 Å². The first-order valence-corrected chi connectivity index (χ1v) is 24.5. The molecule has 1 nitrogen and oxygen atoms in total. The molecule has 0 fully saturated rings. The number of hydrogen-bond donors (Lipinski definition) is 0. The van der Waals surface area contributed by atoms with E-state index in [4.69, 9.17) is 4.98 Å². The second kappa shape index (κ2) is 9.04. The van der Waals surface area contributed by atoms with E-state index in [0.717, 1.165) is 0 Å². The Hall–Kier alpha value is -2.95. The average molecular weight is 586 g/mol. The van der Waals surface area contributed by atoms with E-state index in [9.17, 15) is 0 Å². The number of benzene rings is 4. The molecule has 0 unspecified atom stereocenters. The number of hydrogen-bond acceptors (Lipinski definition) is 1. The van der Waals surface area contributed by atoms with Crippen LogP contribution < -0.4 is 14.8 Å². The fourth-order valence-corrected chi connectivity index (χ4v) is 12.2. The minimum atomic E-state index is -2.00. The molecular weight excluding hydrogens is 547 g/mol. The second-order valence-electron chi connectivity index (χ2n) is 13.8. The Morgan fingerprint density at radius 1 is 0.692 bits per heavy atom. The minimum Gasteiger partial charge on any atom is -0.0616 e. The predicted molar refractivity (Wildman–Crippen MR) is 176 cm³/mol. The van der Waals surface area contributed by atoms with Gasteiger partial charge in [0.15, 0.2) is 0 Å². The van der Waals surface area contributed by atoms with Crippen LogP contribution in [0.15, 0.2) is 91.1 Å². The molecule has 1 aromatic heterocycles. The standard InChI is InChI=1S/C36H39GeNSi/c1-36(2,3)32-22-27(21-26-11-9-10-12-29(26)32)34-35-31(19-20-38-34)30-18-15-25(23-33(30)39(35,7)8)24-13-16-28(17-14-24)37(4,5)6/h9-23H,1-8H3. The third-order valence-electron chi connectivity index (χ3n) is 8.59. The van der Waals surface area contributed by atoms with Crippen molar-refractivity contribution in [2.24, 2.45) is 0 Å². The second-order valence-corrected chi connectivity index (χ2v) is 28.7. The Bertz CT molecular complexity index is 1730. The van der Waals surface area contributed by atoms with Gasteiger partial charge in [0.1, 0.15) is 0 Å². The van der Waals surface area contributed by atoms with Crippen LogP contribution >= 0.6 is 0 Å². The van der Waals surface area contributed by atoms with E-state index in [0.29, 0.717) is 0 Å². The van der Waals surface area contributed by atoms with Gasteiger partial charge in [-0.15, -0.1) is 0 Å². The maximum absolute atomic E-state index is 5.08. The molecule has 0 amide bonds. The first-order valence-electron chi connectivity index (χ1n) is 14.1. The van der Waals surface area contributed by atoms with Crippen molar-refractivity contribution in [2.75, 3.05) is 0 Å². The Balaban J connectivity index is 1.50. The Labute approximate surface area is 237 Å². The van der Waals surface area contributed by atoms with Gasteiger partial charge in [-0.2, -0.15) is 0 Å². The molecule has 2 heterocycles. The molecule has 0 atom stereocenters. The van der Waals surface area contributed by atoms with Gasteiger partial charge in [0, 0.05) is 0 Å². The van der Waals surface area contributed by atoms with Gasteiger partial charge >= 0.3 is 172 Å². The summed E-state index contributed by atoms with van der Waals surface area (Å²) in [5.74, 6) is 7.38. The molecule has 0 N–H and O–H groups in total. The fourth-order valence-electron chi connectivity index (χ4n) is 6.38. The molecule has 0 radical (unpaired) electrons. The molecular formula is C36H39GeNSi. The molecule has 0 bridgehead atoms. The van der Waals surface area contributed by atoms with E-state index >= 15 is 0 Å². The summed E-state index contributed by atoms with van der Waals surface area (Å²) in [4.78, 5) is 5.08. The van der Waals surface area contributed by atoms with E-state index in [1.807, 2.05) is 6.20 Å². The predicted octanol–water partition coefficient (Wildman–Crippen LogP) is 8.21. The number of nitrogens with zero attached hydrogens (tertiary/aromatic N) is 1. The molecule has 3 heteroatoms. The summed E-state index contributed by atoms with van der Waals surface area (Å²) in [5.41, 5.74) is 9.25. The van der Waals surface area contributed by atoms with Gasteiger partial charge in [0.25, 0.3) is 0 Å². The number of rotatable bonds is 3. The molecule has 1 aliphatic heterocycles. The van der Waals surface area contributed by atoms with E-state index in [-0.39, 0.29) is 5.41 Å². The normalized spacial score (nSPS) is 14.4. The molecule has 0 aliphatic carbocycles. The molecule has 0 saturated heterocycles. The van der Waals surface area contributed by atoms with E-state index in [1.165, 1.54) is 60.2 Å². The van der Waals surface area contributed by atoms with Crippen molar-refractivity contribution in [2.45, 2.75) is 56.5 Å². The molecule has 39 heavy (non-hydrogen) atoms. The van der Waals surface area contributed by atoms with Crippen LogP contribution in [-0.2, 0) is 5.41 Å². The Kier molecular flexibility index (Phi) is 6.09. The third kappa shape index (κ3) is 4.42. The Morgan fingerprint density at radius 2 is 1.38 bits per heavy atom. The number of aromatic nitrogens is 1. The van der Waals surface area contributed by atoms with Gasteiger partial charge in [-0.3, -0.25) is 0 Å². The first kappa shape index (κ1) is 26.3. The van der Waals surface area contributed by atoms with E-state index in [2.05, 4.69) is 136 Å². The summed E-state index contributed by atoms with van der Waals surface area (Å²) in [7, 11) is -2.00. The third-order valence-corrected chi connectivity index (χ3v) is 16.4. The SMILES string of the molecule is CC(C)(C)c1cc(-c2nccc3c2[Si](C)(C)c2cc(-c4cc[c]([Ge]([CH3])([CH3])[CH3])cc4)ccc2-3)cc2ccccc12. The molecule has 6 rings (SSSR count). The molecule has 4 aromatic carbocycles. The summed E-state index contributed by atoms with van der Waals surface area (Å²) in [6.07, 6.45) is 2.02. The minimum absolute atomic E-state index is 0.0459. The van der Waals surface area contributed by atoms with Crippen LogP contribution in [0.25, 0.3) is 44.3 Å².